The summed E-state index contributed by atoms with van der Waals surface area (Å²) in [6, 6.07) is 6.72. The summed E-state index contributed by atoms with van der Waals surface area (Å²) in [6.07, 6.45) is 0.0779. The van der Waals surface area contributed by atoms with Gasteiger partial charge in [0.1, 0.15) is 17.3 Å². The highest BCUT2D eigenvalue weighted by atomic mass is 19.4. The molecule has 4 heterocycles. The highest BCUT2D eigenvalue weighted by Crippen LogP contribution is 2.33. The third kappa shape index (κ3) is 8.30. The van der Waals surface area contributed by atoms with E-state index in [1.165, 1.54) is 19.2 Å². The standard InChI is InChI=1S/C31H42F3N5O5/c1-19-18-42-16-13-25(19)36-22-11-14-39(15-12-22)29(40)27-20(2)28(38-30(37-27)41-3)35-17-24-5-4-6-26(43-24)21-7-9-23(10-8-21)44-31(32,33)34/h7-10,19,22,24-26,36H,4-6,11-18H2,1-3H3,(H,35,37,38)/t19-,24+,25+,26-/m0/s1. The van der Waals surface area contributed by atoms with E-state index in [1.54, 1.807) is 12.1 Å². The van der Waals surface area contributed by atoms with Crippen LogP contribution in [-0.4, -0.2) is 85.3 Å². The highest BCUT2D eigenvalue weighted by molar-refractivity contribution is 5.95. The number of hydrogen-bond acceptors (Lipinski definition) is 9. The van der Waals surface area contributed by atoms with E-state index in [1.807, 2.05) is 11.8 Å². The molecule has 1 aromatic heterocycles. The summed E-state index contributed by atoms with van der Waals surface area (Å²) < 4.78 is 58.7. The Morgan fingerprint density at radius 3 is 2.52 bits per heavy atom. The third-order valence-corrected chi connectivity index (χ3v) is 8.71. The van der Waals surface area contributed by atoms with Crippen LogP contribution in [0.1, 0.15) is 73.2 Å². The van der Waals surface area contributed by atoms with Gasteiger partial charge in [0.15, 0.2) is 0 Å². The summed E-state index contributed by atoms with van der Waals surface area (Å²) in [7, 11) is 1.47. The van der Waals surface area contributed by atoms with Crippen LogP contribution in [0.4, 0.5) is 19.0 Å². The summed E-state index contributed by atoms with van der Waals surface area (Å²) in [5.74, 6) is 0.573. The Bertz CT molecular complexity index is 1260. The smallest absolute Gasteiger partial charge is 0.467 e. The van der Waals surface area contributed by atoms with Gasteiger partial charge in [-0.25, -0.2) is 0 Å². The minimum Gasteiger partial charge on any atom is -0.467 e. The van der Waals surface area contributed by atoms with Crippen molar-refractivity contribution in [3.8, 4) is 11.8 Å². The Hall–Kier alpha value is -3.16. The van der Waals surface area contributed by atoms with Crippen molar-refractivity contribution in [3.05, 3.63) is 41.1 Å². The average molecular weight is 622 g/mol. The van der Waals surface area contributed by atoms with E-state index >= 15 is 0 Å². The van der Waals surface area contributed by atoms with E-state index < -0.39 is 6.36 Å². The molecule has 0 saturated carbocycles. The summed E-state index contributed by atoms with van der Waals surface area (Å²) in [5, 5.41) is 7.11. The lowest BCUT2D eigenvalue weighted by Gasteiger charge is -2.37. The van der Waals surface area contributed by atoms with Gasteiger partial charge in [-0.2, -0.15) is 9.97 Å². The number of halogens is 3. The molecule has 0 spiro atoms. The molecule has 0 radical (unpaired) electrons. The first-order valence-electron chi connectivity index (χ1n) is 15.4. The van der Waals surface area contributed by atoms with Gasteiger partial charge in [-0.1, -0.05) is 19.1 Å². The SMILES string of the molecule is COc1nc(NC[C@H]2CCC[C@@H](c3ccc(OC(F)(F)F)cc3)O2)c(C)c(C(=O)N2CCC(N[C@@H]3CCOC[C@@H]3C)CC2)n1. The average Bonchev–Trinajstić information content (AvgIpc) is 3.01. The number of benzene rings is 1. The molecular weight excluding hydrogens is 579 g/mol. The molecule has 44 heavy (non-hydrogen) atoms. The second-order valence-corrected chi connectivity index (χ2v) is 11.9. The molecule has 3 aliphatic rings. The van der Waals surface area contributed by atoms with E-state index in [2.05, 4.69) is 32.3 Å². The number of rotatable bonds is 9. The quantitative estimate of drug-likeness (QED) is 0.399. The molecule has 5 rings (SSSR count). The molecule has 3 aliphatic heterocycles. The van der Waals surface area contributed by atoms with Crippen LogP contribution in [0.5, 0.6) is 11.8 Å². The van der Waals surface area contributed by atoms with Crippen LogP contribution in [0.15, 0.2) is 24.3 Å². The monoisotopic (exact) mass is 621 g/mol. The van der Waals surface area contributed by atoms with Crippen molar-refractivity contribution in [2.75, 3.05) is 45.3 Å². The zero-order chi connectivity index (χ0) is 31.3. The number of likely N-dealkylation sites (tertiary alicyclic amines) is 1. The molecule has 0 aliphatic carbocycles. The van der Waals surface area contributed by atoms with Crippen molar-refractivity contribution in [1.29, 1.82) is 0 Å². The van der Waals surface area contributed by atoms with Crippen LogP contribution in [0.2, 0.25) is 0 Å². The zero-order valence-corrected chi connectivity index (χ0v) is 25.5. The number of ether oxygens (including phenoxy) is 4. The summed E-state index contributed by atoms with van der Waals surface area (Å²) in [4.78, 5) is 24.4. The number of aromatic nitrogens is 2. The number of piperidine rings is 1. The number of anilines is 1. The van der Waals surface area contributed by atoms with Crippen molar-refractivity contribution >= 4 is 11.7 Å². The Morgan fingerprint density at radius 2 is 1.84 bits per heavy atom. The van der Waals surface area contributed by atoms with Crippen molar-refractivity contribution in [2.24, 2.45) is 5.92 Å². The van der Waals surface area contributed by atoms with Crippen molar-refractivity contribution in [2.45, 2.75) is 83.0 Å². The Labute approximate surface area is 256 Å². The maximum atomic E-state index is 13.6. The Morgan fingerprint density at radius 1 is 1.09 bits per heavy atom. The van der Waals surface area contributed by atoms with Gasteiger partial charge in [-0.15, -0.1) is 13.2 Å². The second-order valence-electron chi connectivity index (χ2n) is 11.9. The van der Waals surface area contributed by atoms with Gasteiger partial charge >= 0.3 is 12.4 Å². The molecule has 10 nitrogen and oxygen atoms in total. The number of hydrogen-bond donors (Lipinski definition) is 2. The Kier molecular flexibility index (Phi) is 10.5. The summed E-state index contributed by atoms with van der Waals surface area (Å²) >= 11 is 0. The predicted octanol–water partition coefficient (Wildman–Crippen LogP) is 5.03. The predicted molar refractivity (Wildman–Crippen MR) is 157 cm³/mol. The lowest BCUT2D eigenvalue weighted by Crippen LogP contribution is -2.51. The van der Waals surface area contributed by atoms with Gasteiger partial charge in [0.25, 0.3) is 5.91 Å². The maximum absolute atomic E-state index is 13.6. The van der Waals surface area contributed by atoms with Gasteiger partial charge in [0.2, 0.25) is 0 Å². The number of amides is 1. The van der Waals surface area contributed by atoms with Gasteiger partial charge in [0, 0.05) is 43.9 Å². The summed E-state index contributed by atoms with van der Waals surface area (Å²) in [5.41, 5.74) is 1.74. The molecule has 2 aromatic rings. The zero-order valence-electron chi connectivity index (χ0n) is 25.5. The van der Waals surface area contributed by atoms with Crippen LogP contribution < -0.4 is 20.1 Å². The molecule has 1 aromatic carbocycles. The van der Waals surface area contributed by atoms with Crippen LogP contribution in [0.3, 0.4) is 0 Å². The van der Waals surface area contributed by atoms with Crippen LogP contribution in [0.25, 0.3) is 0 Å². The van der Waals surface area contributed by atoms with E-state index in [4.69, 9.17) is 14.2 Å². The Balaban J connectivity index is 1.17. The van der Waals surface area contributed by atoms with Crippen LogP contribution in [-0.2, 0) is 9.47 Å². The molecule has 0 bridgehead atoms. The largest absolute Gasteiger partial charge is 0.573 e. The van der Waals surface area contributed by atoms with E-state index in [0.29, 0.717) is 54.7 Å². The highest BCUT2D eigenvalue weighted by Gasteiger charge is 2.32. The lowest BCUT2D eigenvalue weighted by molar-refractivity contribution is -0.274. The first kappa shape index (κ1) is 32.2. The van der Waals surface area contributed by atoms with Gasteiger partial charge in [-0.3, -0.25) is 4.79 Å². The van der Waals surface area contributed by atoms with Crippen molar-refractivity contribution in [1.82, 2.24) is 20.2 Å². The fourth-order valence-corrected chi connectivity index (χ4v) is 6.19. The van der Waals surface area contributed by atoms with Gasteiger partial charge in [-0.05, 0) is 69.1 Å². The van der Waals surface area contributed by atoms with Crippen molar-refractivity contribution < 1.29 is 36.9 Å². The topological polar surface area (TPSA) is 107 Å². The first-order chi connectivity index (χ1) is 21.1. The number of alkyl halides is 3. The van der Waals surface area contributed by atoms with E-state index in [9.17, 15) is 18.0 Å². The molecule has 13 heteroatoms. The number of nitrogens with zero attached hydrogens (tertiary/aromatic N) is 3. The third-order valence-electron chi connectivity index (χ3n) is 8.71. The first-order valence-corrected chi connectivity index (χ1v) is 15.4. The molecule has 0 unspecified atom stereocenters. The molecule has 3 fully saturated rings. The number of methoxy groups -OCH3 is 1. The van der Waals surface area contributed by atoms with Crippen LogP contribution in [0, 0.1) is 12.8 Å². The number of carbonyl (C=O) groups excluding carboxylic acids is 1. The number of nitrogens with one attached hydrogen (secondary N) is 2. The van der Waals surface area contributed by atoms with E-state index in [-0.39, 0.29) is 29.9 Å². The molecule has 3 saturated heterocycles. The minimum atomic E-state index is -4.73. The van der Waals surface area contributed by atoms with Crippen molar-refractivity contribution in [3.63, 3.8) is 0 Å². The lowest BCUT2D eigenvalue weighted by atomic mass is 9.94. The summed E-state index contributed by atoms with van der Waals surface area (Å²) in [6.45, 7) is 7.32. The maximum Gasteiger partial charge on any atom is 0.573 e. The molecular formula is C31H42F3N5O5. The van der Waals surface area contributed by atoms with Crippen LogP contribution >= 0.6 is 0 Å². The molecule has 2 N–H and O–H groups in total. The molecule has 1 amide bonds. The second kappa shape index (κ2) is 14.3. The minimum absolute atomic E-state index is 0.107. The fraction of sp³-hybridized carbons (Fsp3) is 0.645. The molecule has 242 valence electrons. The molecule has 4 atom stereocenters. The van der Waals surface area contributed by atoms with E-state index in [0.717, 1.165) is 57.3 Å². The fourth-order valence-electron chi connectivity index (χ4n) is 6.19. The normalized spacial score (nSPS) is 25.0. The number of carbonyl (C=O) groups is 1. The van der Waals surface area contributed by atoms with Gasteiger partial charge < -0.3 is 34.5 Å². The van der Waals surface area contributed by atoms with Gasteiger partial charge in [0.05, 0.1) is 25.9 Å².